The maximum absolute atomic E-state index is 11.6. The molecule has 244 valence electrons. The standard InChI is InChI=1S/C32H44N2.2C3H8O.Pd/c1-8-15-16-26-21-31(27-17-22(9-2)29(13-6)23(10-3)18-27)34(33)32(26)28-19-24(11-4)30(14-7)25(12-5)20-28;2*1-2-3-4;/h17-21H,8-16H2,1-7H3;2*4H,2-3H2,1H3;. The second kappa shape index (κ2) is 22.6. The van der Waals surface area contributed by atoms with Crippen molar-refractivity contribution >= 4 is 11.4 Å². The Kier molecular flexibility index (Phi) is 21.6. The minimum absolute atomic E-state index is 0. The number of hydrogen-bond acceptors (Lipinski definition) is 2. The average molecular weight is 683 g/mol. The average Bonchev–Trinajstić information content (AvgIpc) is 3.37. The minimum Gasteiger partial charge on any atom is -0.493 e. The summed E-state index contributed by atoms with van der Waals surface area (Å²) in [6, 6.07) is 9.27. The molecule has 0 aromatic heterocycles. The van der Waals surface area contributed by atoms with Gasteiger partial charge in [-0.25, -0.2) is 4.70 Å². The molecule has 0 fully saturated rings. The van der Waals surface area contributed by atoms with Gasteiger partial charge in [-0.1, -0.05) is 68.7 Å². The first-order valence-corrected chi connectivity index (χ1v) is 16.8. The van der Waals surface area contributed by atoms with Crippen molar-refractivity contribution in [3.63, 3.8) is 0 Å². The summed E-state index contributed by atoms with van der Waals surface area (Å²) in [4.78, 5) is 0. The van der Waals surface area contributed by atoms with Gasteiger partial charge in [0, 0.05) is 56.4 Å². The SMILES string of the molecule is CCCCC1=C(c2cc(CC)c(CC)c(CC)c2)[N+](=[N-])C(c2cc(CC)c(CC)c(CC)c2)=C1.CCCO.CCCO.[Pd]. The van der Waals surface area contributed by atoms with Gasteiger partial charge in [0.1, 0.15) is 0 Å². The quantitative estimate of drug-likeness (QED) is 0.163. The molecule has 0 amide bonds. The monoisotopic (exact) mass is 682 g/mol. The van der Waals surface area contributed by atoms with Gasteiger partial charge in [-0.2, -0.15) is 0 Å². The van der Waals surface area contributed by atoms with Crippen LogP contribution in [-0.2, 0) is 58.9 Å². The van der Waals surface area contributed by atoms with Crippen LogP contribution < -0.4 is 0 Å². The molecular formula is C38H60N2O2Pd. The summed E-state index contributed by atoms with van der Waals surface area (Å²) < 4.78 is 1.49. The zero-order chi connectivity index (χ0) is 31.7. The second-order valence-corrected chi connectivity index (χ2v) is 10.9. The summed E-state index contributed by atoms with van der Waals surface area (Å²) in [5.41, 5.74) is 25.7. The number of allylic oxidation sites excluding steroid dienone is 2. The van der Waals surface area contributed by atoms with E-state index in [-0.39, 0.29) is 20.4 Å². The molecule has 0 saturated heterocycles. The molecule has 2 aromatic rings. The van der Waals surface area contributed by atoms with Crippen LogP contribution in [0.2, 0.25) is 0 Å². The molecule has 5 heteroatoms. The van der Waals surface area contributed by atoms with Gasteiger partial charge >= 0.3 is 0 Å². The molecule has 1 heterocycles. The molecule has 0 saturated carbocycles. The number of aryl methyl sites for hydroxylation is 4. The Labute approximate surface area is 277 Å². The minimum atomic E-state index is 0. The second-order valence-electron chi connectivity index (χ2n) is 10.9. The molecular weight excluding hydrogens is 623 g/mol. The van der Waals surface area contributed by atoms with Crippen LogP contribution in [0.4, 0.5) is 0 Å². The third-order valence-electron chi connectivity index (χ3n) is 7.97. The summed E-state index contributed by atoms with van der Waals surface area (Å²) in [6.45, 7) is 20.2. The van der Waals surface area contributed by atoms with Crippen LogP contribution in [0.25, 0.3) is 16.9 Å². The summed E-state index contributed by atoms with van der Waals surface area (Å²) >= 11 is 0. The molecule has 43 heavy (non-hydrogen) atoms. The van der Waals surface area contributed by atoms with Gasteiger partial charge in [0.25, 0.3) is 0 Å². The Balaban J connectivity index is 0.00000174. The number of hydrogen-bond donors (Lipinski definition) is 2. The summed E-state index contributed by atoms with van der Waals surface area (Å²) in [7, 11) is 0. The fourth-order valence-corrected chi connectivity index (χ4v) is 5.67. The molecule has 0 bridgehead atoms. The zero-order valence-electron chi connectivity index (χ0n) is 28.7. The summed E-state index contributed by atoms with van der Waals surface area (Å²) in [6.07, 6.45) is 13.4. The topological polar surface area (TPSA) is 65.8 Å². The van der Waals surface area contributed by atoms with Crippen molar-refractivity contribution in [3.8, 4) is 0 Å². The van der Waals surface area contributed by atoms with E-state index in [4.69, 9.17) is 10.2 Å². The van der Waals surface area contributed by atoms with Gasteiger partial charge in [0.05, 0.1) is 0 Å². The van der Waals surface area contributed by atoms with Crippen LogP contribution in [0.1, 0.15) is 139 Å². The first-order valence-electron chi connectivity index (χ1n) is 16.8. The zero-order valence-corrected chi connectivity index (χ0v) is 30.2. The van der Waals surface area contributed by atoms with Gasteiger partial charge in [0.15, 0.2) is 0 Å². The van der Waals surface area contributed by atoms with E-state index in [2.05, 4.69) is 78.8 Å². The van der Waals surface area contributed by atoms with E-state index in [1.54, 1.807) is 0 Å². The number of rotatable bonds is 13. The first-order chi connectivity index (χ1) is 20.3. The molecule has 1 aliphatic heterocycles. The van der Waals surface area contributed by atoms with Crippen LogP contribution >= 0.6 is 0 Å². The number of aliphatic hydroxyl groups excluding tert-OH is 2. The van der Waals surface area contributed by atoms with Crippen molar-refractivity contribution in [1.82, 2.24) is 0 Å². The van der Waals surface area contributed by atoms with E-state index in [9.17, 15) is 5.53 Å². The largest absolute Gasteiger partial charge is 0.493 e. The van der Waals surface area contributed by atoms with Gasteiger partial charge in [0.2, 0.25) is 11.4 Å². The van der Waals surface area contributed by atoms with Crippen molar-refractivity contribution in [3.05, 3.63) is 86.0 Å². The fourth-order valence-electron chi connectivity index (χ4n) is 5.67. The Morgan fingerprint density at radius 3 is 1.26 bits per heavy atom. The van der Waals surface area contributed by atoms with E-state index in [0.29, 0.717) is 13.2 Å². The number of nitrogens with zero attached hydrogens (tertiary/aromatic N) is 2. The molecule has 0 spiro atoms. The molecule has 4 nitrogen and oxygen atoms in total. The number of unbranched alkanes of at least 4 members (excludes halogenated alkanes) is 1. The van der Waals surface area contributed by atoms with Crippen molar-refractivity contribution in [2.45, 2.75) is 133 Å². The van der Waals surface area contributed by atoms with Crippen LogP contribution in [0.3, 0.4) is 0 Å². The van der Waals surface area contributed by atoms with E-state index < -0.39 is 0 Å². The van der Waals surface area contributed by atoms with Crippen LogP contribution in [0.15, 0.2) is 35.9 Å². The Bertz CT molecular complexity index is 1140. The normalized spacial score (nSPS) is 12.3. The third-order valence-corrected chi connectivity index (χ3v) is 7.97. The van der Waals surface area contributed by atoms with E-state index in [1.165, 1.54) is 43.7 Å². The molecule has 1 aliphatic rings. The first kappa shape index (κ1) is 41.1. The molecule has 0 aliphatic carbocycles. The number of benzene rings is 2. The molecule has 3 rings (SSSR count). The van der Waals surface area contributed by atoms with Gasteiger partial charge < -0.3 is 15.7 Å². The molecule has 2 aromatic carbocycles. The summed E-state index contributed by atoms with van der Waals surface area (Å²) in [5, 5.41) is 15.8. The number of aliphatic hydroxyl groups is 2. The fraction of sp³-hybridized carbons (Fsp3) is 0.579. The molecule has 2 N–H and O–H groups in total. The van der Waals surface area contributed by atoms with E-state index in [1.807, 2.05) is 13.8 Å². The molecule has 0 unspecified atom stereocenters. The third kappa shape index (κ3) is 11.2. The Morgan fingerprint density at radius 1 is 0.581 bits per heavy atom. The Morgan fingerprint density at radius 2 is 0.953 bits per heavy atom. The van der Waals surface area contributed by atoms with Crippen molar-refractivity contribution in [2.75, 3.05) is 13.2 Å². The van der Waals surface area contributed by atoms with E-state index in [0.717, 1.165) is 93.2 Å². The molecule has 0 atom stereocenters. The summed E-state index contributed by atoms with van der Waals surface area (Å²) in [5.74, 6) is 0. The molecule has 0 radical (unpaired) electrons. The van der Waals surface area contributed by atoms with Gasteiger partial charge in [-0.05, 0) is 122 Å². The van der Waals surface area contributed by atoms with Gasteiger partial charge in [-0.3, -0.25) is 0 Å². The van der Waals surface area contributed by atoms with Crippen molar-refractivity contribution in [2.24, 2.45) is 0 Å². The van der Waals surface area contributed by atoms with Crippen LogP contribution in [-0.4, -0.2) is 28.1 Å². The van der Waals surface area contributed by atoms with Crippen LogP contribution in [0, 0.1) is 0 Å². The Hall–Kier alpha value is -1.90. The van der Waals surface area contributed by atoms with Crippen molar-refractivity contribution in [1.29, 1.82) is 0 Å². The predicted molar refractivity (Wildman–Crippen MR) is 182 cm³/mol. The maximum atomic E-state index is 11.6. The predicted octanol–water partition coefficient (Wildman–Crippen LogP) is 9.83. The smallest absolute Gasteiger partial charge is 0.210 e. The maximum Gasteiger partial charge on any atom is 0.210 e. The van der Waals surface area contributed by atoms with Crippen LogP contribution in [0.5, 0.6) is 0 Å². The van der Waals surface area contributed by atoms with Crippen molar-refractivity contribution < 1.29 is 35.3 Å². The van der Waals surface area contributed by atoms with Gasteiger partial charge in [-0.15, -0.1) is 0 Å². The van der Waals surface area contributed by atoms with E-state index >= 15 is 0 Å².